The molecule has 10 rings (SSSR count). The van der Waals surface area contributed by atoms with Crippen molar-refractivity contribution in [2.45, 2.75) is 0 Å². The highest BCUT2D eigenvalue weighted by atomic mass is 15.0. The van der Waals surface area contributed by atoms with E-state index < -0.39 is 0 Å². The van der Waals surface area contributed by atoms with Crippen LogP contribution in [0.2, 0.25) is 0 Å². The van der Waals surface area contributed by atoms with Crippen LogP contribution in [0.15, 0.2) is 182 Å². The van der Waals surface area contributed by atoms with Crippen LogP contribution in [0.25, 0.3) is 88.9 Å². The molecule has 0 aliphatic rings. The summed E-state index contributed by atoms with van der Waals surface area (Å²) in [5, 5.41) is 3.53. The zero-order chi connectivity index (χ0) is 33.0. The lowest BCUT2D eigenvalue weighted by Gasteiger charge is -2.12. The molecule has 3 aromatic heterocycles. The molecule has 0 aliphatic carbocycles. The second-order valence-corrected chi connectivity index (χ2v) is 12.6. The van der Waals surface area contributed by atoms with Crippen molar-refractivity contribution in [2.75, 3.05) is 0 Å². The van der Waals surface area contributed by atoms with E-state index in [1.54, 1.807) is 0 Å². The zero-order valence-corrected chi connectivity index (χ0v) is 27.1. The second kappa shape index (κ2) is 11.4. The molecule has 0 bridgehead atoms. The Balaban J connectivity index is 1.30. The van der Waals surface area contributed by atoms with Gasteiger partial charge in [-0.25, -0.2) is 9.97 Å². The van der Waals surface area contributed by atoms with Gasteiger partial charge in [0.25, 0.3) is 0 Å². The molecule has 0 radical (unpaired) electrons. The van der Waals surface area contributed by atoms with E-state index in [2.05, 4.69) is 167 Å². The fourth-order valence-electron chi connectivity index (χ4n) is 7.44. The van der Waals surface area contributed by atoms with Crippen LogP contribution in [0, 0.1) is 0 Å². The molecule has 0 spiro atoms. The van der Waals surface area contributed by atoms with Crippen LogP contribution < -0.4 is 0 Å². The third-order valence-electron chi connectivity index (χ3n) is 9.72. The summed E-state index contributed by atoms with van der Waals surface area (Å²) in [6.45, 7) is 0. The molecule has 0 unspecified atom stereocenters. The predicted octanol–water partition coefficient (Wildman–Crippen LogP) is 11.7. The lowest BCUT2D eigenvalue weighted by molar-refractivity contribution is 1.14. The molecule has 0 N–H and O–H groups in total. The number of fused-ring (bicyclic) bond motifs is 6. The maximum Gasteiger partial charge on any atom is 0.160 e. The Hall–Kier alpha value is -6.78. The average Bonchev–Trinajstić information content (AvgIpc) is 3.71. The first-order chi connectivity index (χ1) is 24.8. The van der Waals surface area contributed by atoms with Gasteiger partial charge in [-0.1, -0.05) is 133 Å². The minimum atomic E-state index is 0.708. The molecular weight excluding hydrogens is 609 g/mol. The molecule has 0 aliphatic heterocycles. The van der Waals surface area contributed by atoms with Crippen molar-refractivity contribution in [3.63, 3.8) is 0 Å². The molecule has 0 saturated heterocycles. The highest BCUT2D eigenvalue weighted by Gasteiger charge is 2.22. The molecule has 10 aromatic rings. The number of rotatable bonds is 5. The van der Waals surface area contributed by atoms with E-state index >= 15 is 0 Å². The molecule has 0 atom stereocenters. The van der Waals surface area contributed by atoms with Gasteiger partial charge in [0.2, 0.25) is 0 Å². The Kier molecular flexibility index (Phi) is 6.46. The Morgan fingerprint density at radius 2 is 0.920 bits per heavy atom. The molecular formula is C46H30N4. The standard InChI is InChI=1S/C46H30N4/c1-5-15-31(16-6-1)34-25-27-41-38(29-34)37-23-13-14-24-40(37)49(41)36-26-28-42-39(30-36)44-45(50(42)35-21-11-4-12-22-35)43(32-17-7-2-8-18-32)47-46(48-44)33-19-9-3-10-20-33/h1-30H. The molecule has 0 saturated carbocycles. The molecule has 0 amide bonds. The Morgan fingerprint density at radius 3 is 1.66 bits per heavy atom. The van der Waals surface area contributed by atoms with E-state index in [0.717, 1.165) is 50.1 Å². The average molecular weight is 639 g/mol. The summed E-state index contributed by atoms with van der Waals surface area (Å²) in [4.78, 5) is 10.6. The van der Waals surface area contributed by atoms with E-state index in [0.29, 0.717) is 5.82 Å². The van der Waals surface area contributed by atoms with E-state index in [1.165, 1.54) is 32.9 Å². The number of aromatic nitrogens is 4. The fraction of sp³-hybridized carbons (Fsp3) is 0. The van der Waals surface area contributed by atoms with Gasteiger partial charge in [0.15, 0.2) is 5.82 Å². The van der Waals surface area contributed by atoms with Crippen LogP contribution in [-0.2, 0) is 0 Å². The van der Waals surface area contributed by atoms with Crippen molar-refractivity contribution in [2.24, 2.45) is 0 Å². The van der Waals surface area contributed by atoms with Gasteiger partial charge in [-0.2, -0.15) is 0 Å². The molecule has 4 heteroatoms. The number of nitrogens with zero attached hydrogens (tertiary/aromatic N) is 4. The minimum absolute atomic E-state index is 0.708. The Bertz CT molecular complexity index is 2840. The molecule has 0 fully saturated rings. The van der Waals surface area contributed by atoms with Gasteiger partial charge in [-0.05, 0) is 59.7 Å². The topological polar surface area (TPSA) is 35.6 Å². The van der Waals surface area contributed by atoms with E-state index in [-0.39, 0.29) is 0 Å². The normalized spacial score (nSPS) is 11.6. The van der Waals surface area contributed by atoms with Crippen LogP contribution in [0.1, 0.15) is 0 Å². The zero-order valence-electron chi connectivity index (χ0n) is 27.1. The molecule has 4 nitrogen and oxygen atoms in total. The summed E-state index contributed by atoms with van der Waals surface area (Å²) in [7, 11) is 0. The summed E-state index contributed by atoms with van der Waals surface area (Å²) >= 11 is 0. The minimum Gasteiger partial charge on any atom is -0.309 e. The Morgan fingerprint density at radius 1 is 0.340 bits per heavy atom. The lowest BCUT2D eigenvalue weighted by Crippen LogP contribution is -1.99. The van der Waals surface area contributed by atoms with Gasteiger partial charge < -0.3 is 9.13 Å². The van der Waals surface area contributed by atoms with Gasteiger partial charge in [0.05, 0.1) is 27.8 Å². The van der Waals surface area contributed by atoms with Crippen LogP contribution in [0.4, 0.5) is 0 Å². The number of para-hydroxylation sites is 2. The smallest absolute Gasteiger partial charge is 0.160 e. The summed E-state index contributed by atoms with van der Waals surface area (Å²) < 4.78 is 4.71. The first-order valence-electron chi connectivity index (χ1n) is 16.9. The van der Waals surface area contributed by atoms with E-state index in [1.807, 2.05) is 24.3 Å². The van der Waals surface area contributed by atoms with Gasteiger partial charge in [0, 0.05) is 38.7 Å². The maximum absolute atomic E-state index is 5.36. The quantitative estimate of drug-likeness (QED) is 0.188. The largest absolute Gasteiger partial charge is 0.309 e. The van der Waals surface area contributed by atoms with E-state index in [4.69, 9.17) is 9.97 Å². The summed E-state index contributed by atoms with van der Waals surface area (Å²) in [6.07, 6.45) is 0. The number of benzene rings is 7. The molecule has 50 heavy (non-hydrogen) atoms. The van der Waals surface area contributed by atoms with Crippen LogP contribution in [0.3, 0.4) is 0 Å². The summed E-state index contributed by atoms with van der Waals surface area (Å²) in [6, 6.07) is 64.2. The van der Waals surface area contributed by atoms with Crippen LogP contribution in [-0.4, -0.2) is 19.1 Å². The third kappa shape index (κ3) is 4.46. The van der Waals surface area contributed by atoms with Crippen LogP contribution >= 0.6 is 0 Å². The highest BCUT2D eigenvalue weighted by molar-refractivity contribution is 6.14. The number of hydrogen-bond donors (Lipinski definition) is 0. The van der Waals surface area contributed by atoms with Gasteiger partial charge >= 0.3 is 0 Å². The molecule has 7 aromatic carbocycles. The van der Waals surface area contributed by atoms with Gasteiger partial charge in [-0.3, -0.25) is 0 Å². The van der Waals surface area contributed by atoms with Gasteiger partial charge in [0.1, 0.15) is 5.52 Å². The first-order valence-corrected chi connectivity index (χ1v) is 16.9. The van der Waals surface area contributed by atoms with Gasteiger partial charge in [-0.15, -0.1) is 0 Å². The van der Waals surface area contributed by atoms with E-state index in [9.17, 15) is 0 Å². The summed E-state index contributed by atoms with van der Waals surface area (Å²) in [5.41, 5.74) is 12.8. The summed E-state index contributed by atoms with van der Waals surface area (Å²) in [5.74, 6) is 0.708. The van der Waals surface area contributed by atoms with Crippen molar-refractivity contribution < 1.29 is 0 Å². The maximum atomic E-state index is 5.36. The second-order valence-electron chi connectivity index (χ2n) is 12.6. The third-order valence-corrected chi connectivity index (χ3v) is 9.72. The molecule has 234 valence electrons. The SMILES string of the molecule is c1ccc(-c2ccc3c(c2)c2ccccc2n3-c2ccc3c(c2)c2nc(-c4ccccc4)nc(-c4ccccc4)c2n3-c2ccccc2)cc1. The predicted molar refractivity (Wildman–Crippen MR) is 207 cm³/mol. The van der Waals surface area contributed by atoms with Crippen molar-refractivity contribution in [1.29, 1.82) is 0 Å². The van der Waals surface area contributed by atoms with Crippen LogP contribution in [0.5, 0.6) is 0 Å². The number of hydrogen-bond acceptors (Lipinski definition) is 2. The monoisotopic (exact) mass is 638 g/mol. The first kappa shape index (κ1) is 28.3. The van der Waals surface area contributed by atoms with Crippen molar-refractivity contribution in [3.8, 4) is 45.1 Å². The fourth-order valence-corrected chi connectivity index (χ4v) is 7.44. The highest BCUT2D eigenvalue weighted by Crippen LogP contribution is 2.40. The Labute approximate surface area is 289 Å². The molecule has 3 heterocycles. The van der Waals surface area contributed by atoms with Crippen molar-refractivity contribution >= 4 is 43.7 Å². The lowest BCUT2D eigenvalue weighted by atomic mass is 10.0. The van der Waals surface area contributed by atoms with Crippen molar-refractivity contribution in [3.05, 3.63) is 182 Å². The van der Waals surface area contributed by atoms with Crippen molar-refractivity contribution in [1.82, 2.24) is 19.1 Å².